The van der Waals surface area contributed by atoms with E-state index in [4.69, 9.17) is 11.6 Å². The van der Waals surface area contributed by atoms with E-state index in [0.29, 0.717) is 25.9 Å². The average molecular weight is 406 g/mol. The number of aliphatic carboxylic acids is 1. The predicted molar refractivity (Wildman–Crippen MR) is 105 cm³/mol. The van der Waals surface area contributed by atoms with Crippen LogP contribution in [0.1, 0.15) is 17.7 Å². The van der Waals surface area contributed by atoms with Gasteiger partial charge in [-0.05, 0) is 49.1 Å². The van der Waals surface area contributed by atoms with E-state index >= 15 is 0 Å². The quantitative estimate of drug-likeness (QED) is 0.636. The summed E-state index contributed by atoms with van der Waals surface area (Å²) < 4.78 is 13.4. The second-order valence-electron chi connectivity index (χ2n) is 6.64. The highest BCUT2D eigenvalue weighted by molar-refractivity contribution is 7.19. The maximum atomic E-state index is 13.4. The lowest BCUT2D eigenvalue weighted by Crippen LogP contribution is -2.37. The van der Waals surface area contributed by atoms with Gasteiger partial charge in [-0.15, -0.1) is 11.3 Å². The van der Waals surface area contributed by atoms with Gasteiger partial charge in [0, 0.05) is 23.5 Å². The fourth-order valence-corrected chi connectivity index (χ4v) is 4.85. The van der Waals surface area contributed by atoms with Crippen LogP contribution in [0.3, 0.4) is 0 Å². The lowest BCUT2D eigenvalue weighted by molar-refractivity contribution is -0.142. The molecule has 27 heavy (non-hydrogen) atoms. The fraction of sp³-hybridized carbons (Fsp3) is 0.316. The van der Waals surface area contributed by atoms with E-state index in [-0.39, 0.29) is 17.0 Å². The molecule has 0 bridgehead atoms. The number of carbonyl (C=O) groups is 1. The van der Waals surface area contributed by atoms with Crippen molar-refractivity contribution in [1.82, 2.24) is 9.97 Å². The molecule has 0 radical (unpaired) electrons. The molecule has 8 heteroatoms. The van der Waals surface area contributed by atoms with Gasteiger partial charge in [-0.25, -0.2) is 9.37 Å². The molecule has 0 amide bonds. The Morgan fingerprint density at radius 3 is 2.56 bits per heavy atom. The van der Waals surface area contributed by atoms with Crippen molar-refractivity contribution in [2.45, 2.75) is 19.8 Å². The standard InChI is InChI=1S/C19H17ClFN3O2S/c1-10-14(11-2-4-13(21)5-3-11)15-16(22-19(20)23-17(15)27-10)24-8-6-12(7-9-24)18(25)26/h2-5,12H,6-9H2,1H3,(H,25,26). The summed E-state index contributed by atoms with van der Waals surface area (Å²) in [4.78, 5) is 24.0. The molecule has 0 saturated carbocycles. The van der Waals surface area contributed by atoms with Crippen LogP contribution in [-0.2, 0) is 4.79 Å². The zero-order valence-electron chi connectivity index (χ0n) is 14.6. The van der Waals surface area contributed by atoms with E-state index in [1.54, 1.807) is 12.1 Å². The van der Waals surface area contributed by atoms with Gasteiger partial charge in [0.25, 0.3) is 0 Å². The maximum Gasteiger partial charge on any atom is 0.306 e. The lowest BCUT2D eigenvalue weighted by atomic mass is 9.96. The lowest BCUT2D eigenvalue weighted by Gasteiger charge is -2.31. The molecule has 1 aliphatic rings. The molecular weight excluding hydrogens is 389 g/mol. The molecule has 140 valence electrons. The van der Waals surface area contributed by atoms with Crippen molar-refractivity contribution in [3.63, 3.8) is 0 Å². The third kappa shape index (κ3) is 3.37. The topological polar surface area (TPSA) is 66.3 Å². The van der Waals surface area contributed by atoms with Gasteiger partial charge in [0.1, 0.15) is 16.5 Å². The van der Waals surface area contributed by atoms with Gasteiger partial charge in [0.15, 0.2) is 0 Å². The molecule has 1 aromatic carbocycles. The van der Waals surface area contributed by atoms with Gasteiger partial charge in [-0.2, -0.15) is 4.98 Å². The average Bonchev–Trinajstić information content (AvgIpc) is 2.97. The van der Waals surface area contributed by atoms with Crippen LogP contribution in [0.2, 0.25) is 5.28 Å². The van der Waals surface area contributed by atoms with E-state index in [1.165, 1.54) is 23.5 Å². The molecule has 1 saturated heterocycles. The number of anilines is 1. The number of thiophene rings is 1. The van der Waals surface area contributed by atoms with E-state index in [9.17, 15) is 14.3 Å². The van der Waals surface area contributed by atoms with E-state index in [0.717, 1.165) is 32.0 Å². The Morgan fingerprint density at radius 1 is 1.26 bits per heavy atom. The molecule has 1 N–H and O–H groups in total. The van der Waals surface area contributed by atoms with Crippen LogP contribution < -0.4 is 4.90 Å². The Kier molecular flexibility index (Phi) is 4.74. The van der Waals surface area contributed by atoms with Gasteiger partial charge in [0.05, 0.1) is 11.3 Å². The molecule has 2 aromatic heterocycles. The molecule has 1 fully saturated rings. The number of aryl methyl sites for hydroxylation is 1. The summed E-state index contributed by atoms with van der Waals surface area (Å²) in [6.07, 6.45) is 1.13. The van der Waals surface area contributed by atoms with E-state index < -0.39 is 5.97 Å². The van der Waals surface area contributed by atoms with Crippen molar-refractivity contribution < 1.29 is 14.3 Å². The van der Waals surface area contributed by atoms with Gasteiger partial charge >= 0.3 is 5.97 Å². The van der Waals surface area contributed by atoms with Gasteiger partial charge in [0.2, 0.25) is 5.28 Å². The van der Waals surface area contributed by atoms with Crippen LogP contribution in [0.15, 0.2) is 24.3 Å². The number of halogens is 2. The fourth-order valence-electron chi connectivity index (χ4n) is 3.60. The highest BCUT2D eigenvalue weighted by atomic mass is 35.5. The third-order valence-electron chi connectivity index (χ3n) is 4.96. The van der Waals surface area contributed by atoms with Crippen molar-refractivity contribution in [2.24, 2.45) is 5.92 Å². The molecule has 1 aliphatic heterocycles. The molecule has 0 aliphatic carbocycles. The smallest absolute Gasteiger partial charge is 0.306 e. The minimum Gasteiger partial charge on any atom is -0.481 e. The number of benzene rings is 1. The molecule has 0 unspecified atom stereocenters. The number of nitrogens with zero attached hydrogens (tertiary/aromatic N) is 3. The van der Waals surface area contributed by atoms with Crippen LogP contribution >= 0.6 is 22.9 Å². The molecule has 0 atom stereocenters. The zero-order chi connectivity index (χ0) is 19.1. The van der Waals surface area contributed by atoms with Crippen LogP contribution in [0, 0.1) is 18.7 Å². The van der Waals surface area contributed by atoms with Gasteiger partial charge < -0.3 is 10.0 Å². The number of hydrogen-bond acceptors (Lipinski definition) is 5. The molecular formula is C19H17ClFN3O2S. The minimum absolute atomic E-state index is 0.171. The van der Waals surface area contributed by atoms with Crippen molar-refractivity contribution in [2.75, 3.05) is 18.0 Å². The largest absolute Gasteiger partial charge is 0.481 e. The van der Waals surface area contributed by atoms with Crippen molar-refractivity contribution in [3.05, 3.63) is 40.2 Å². The van der Waals surface area contributed by atoms with E-state index in [2.05, 4.69) is 14.9 Å². The molecule has 0 spiro atoms. The minimum atomic E-state index is -0.751. The Labute approximate surface area is 164 Å². The first-order chi connectivity index (χ1) is 12.9. The normalized spacial score (nSPS) is 15.4. The molecule has 3 heterocycles. The zero-order valence-corrected chi connectivity index (χ0v) is 16.1. The van der Waals surface area contributed by atoms with Crippen molar-refractivity contribution >= 4 is 44.9 Å². The molecule has 4 rings (SSSR count). The third-order valence-corrected chi connectivity index (χ3v) is 6.13. The Balaban J connectivity index is 1.83. The summed E-state index contributed by atoms with van der Waals surface area (Å²) in [5.41, 5.74) is 1.87. The Bertz CT molecular complexity index is 1010. The van der Waals surface area contributed by atoms with Gasteiger partial charge in [-0.3, -0.25) is 4.79 Å². The number of fused-ring (bicyclic) bond motifs is 1. The second-order valence-corrected chi connectivity index (χ2v) is 8.18. The highest BCUT2D eigenvalue weighted by Gasteiger charge is 2.28. The maximum absolute atomic E-state index is 13.4. The molecule has 5 nitrogen and oxygen atoms in total. The summed E-state index contributed by atoms with van der Waals surface area (Å²) in [7, 11) is 0. The predicted octanol–water partition coefficient (Wildman–Crippen LogP) is 4.76. The van der Waals surface area contributed by atoms with Gasteiger partial charge in [-0.1, -0.05) is 12.1 Å². The monoisotopic (exact) mass is 405 g/mol. The Morgan fingerprint density at radius 2 is 1.93 bits per heavy atom. The summed E-state index contributed by atoms with van der Waals surface area (Å²) in [5.74, 6) is -0.641. The van der Waals surface area contributed by atoms with Crippen LogP contribution in [-0.4, -0.2) is 34.1 Å². The number of carboxylic acids is 1. The number of carboxylic acid groups (broad SMARTS) is 1. The summed E-state index contributed by atoms with van der Waals surface area (Å²) >= 11 is 7.69. The van der Waals surface area contributed by atoms with Crippen molar-refractivity contribution in [3.8, 4) is 11.1 Å². The number of aromatic nitrogens is 2. The number of hydrogen-bond donors (Lipinski definition) is 1. The summed E-state index contributed by atoms with van der Waals surface area (Å²) in [6, 6.07) is 6.37. The van der Waals surface area contributed by atoms with Crippen LogP contribution in [0.25, 0.3) is 21.3 Å². The summed E-state index contributed by atoms with van der Waals surface area (Å²) in [6.45, 7) is 3.19. The summed E-state index contributed by atoms with van der Waals surface area (Å²) in [5, 5.41) is 10.3. The van der Waals surface area contributed by atoms with Crippen LogP contribution in [0.4, 0.5) is 10.2 Å². The van der Waals surface area contributed by atoms with Crippen molar-refractivity contribution in [1.29, 1.82) is 0 Å². The SMILES string of the molecule is Cc1sc2nc(Cl)nc(N3CCC(C(=O)O)CC3)c2c1-c1ccc(F)cc1. The van der Waals surface area contributed by atoms with Crippen LogP contribution in [0.5, 0.6) is 0 Å². The number of piperidine rings is 1. The first kappa shape index (κ1) is 18.1. The molecule has 3 aromatic rings. The highest BCUT2D eigenvalue weighted by Crippen LogP contribution is 2.42. The van der Waals surface area contributed by atoms with E-state index in [1.807, 2.05) is 6.92 Å². The Hall–Kier alpha value is -2.25. The number of rotatable bonds is 3. The first-order valence-electron chi connectivity index (χ1n) is 8.64. The second kappa shape index (κ2) is 7.05. The first-order valence-corrected chi connectivity index (χ1v) is 9.84.